The maximum absolute atomic E-state index is 14.7. The molecule has 0 saturated carbocycles. The van der Waals surface area contributed by atoms with Crippen molar-refractivity contribution < 1.29 is 66.0 Å². The predicted molar refractivity (Wildman–Crippen MR) is 118 cm³/mol. The average molecular weight is 610 g/mol. The zero-order chi connectivity index (χ0) is 30.3. The SMILES string of the molecule is CCOC(=O)CC1Cc2cc(F)c(OS(=O)(=O)C(F)(F)C(F)(F)C(F)(F)C(F)(F)F)cc2C1Cc1ccccc1. The van der Waals surface area contributed by atoms with E-state index < -0.39 is 62.8 Å². The average Bonchev–Trinajstić information content (AvgIpc) is 3.14. The molecule has 5 nitrogen and oxygen atoms in total. The Kier molecular flexibility index (Phi) is 8.46. The Balaban J connectivity index is 2.02. The lowest BCUT2D eigenvalue weighted by Crippen LogP contribution is -2.63. The van der Waals surface area contributed by atoms with Gasteiger partial charge in [0.15, 0.2) is 11.6 Å². The van der Waals surface area contributed by atoms with Crippen LogP contribution in [-0.2, 0) is 32.5 Å². The molecule has 40 heavy (non-hydrogen) atoms. The van der Waals surface area contributed by atoms with Gasteiger partial charge in [0.2, 0.25) is 0 Å². The molecule has 2 aromatic carbocycles. The van der Waals surface area contributed by atoms with Gasteiger partial charge < -0.3 is 8.92 Å². The number of halogens is 10. The molecular weight excluding hydrogens is 590 g/mol. The molecule has 0 aliphatic heterocycles. The maximum atomic E-state index is 14.7. The summed E-state index contributed by atoms with van der Waals surface area (Å²) in [5.74, 6) is -20.3. The summed E-state index contributed by atoms with van der Waals surface area (Å²) in [6, 6.07) is 9.53. The number of alkyl halides is 9. The van der Waals surface area contributed by atoms with Crippen molar-refractivity contribution in [2.24, 2.45) is 5.92 Å². The number of fused-ring (bicyclic) bond motifs is 1. The first kappa shape index (κ1) is 31.5. The first-order chi connectivity index (χ1) is 18.3. The molecule has 0 saturated heterocycles. The fourth-order valence-electron chi connectivity index (χ4n) is 4.36. The van der Waals surface area contributed by atoms with Gasteiger partial charge >= 0.3 is 39.4 Å². The minimum atomic E-state index is -7.54. The Morgan fingerprint density at radius 3 is 2.10 bits per heavy atom. The topological polar surface area (TPSA) is 69.7 Å². The number of carbonyl (C=O) groups is 1. The zero-order valence-electron chi connectivity index (χ0n) is 20.3. The van der Waals surface area contributed by atoms with Crippen molar-refractivity contribution >= 4 is 16.1 Å². The van der Waals surface area contributed by atoms with E-state index in [0.29, 0.717) is 17.7 Å². The molecule has 0 spiro atoms. The fourth-order valence-corrected chi connectivity index (χ4v) is 5.27. The quantitative estimate of drug-likeness (QED) is 0.177. The van der Waals surface area contributed by atoms with Gasteiger partial charge in [0.1, 0.15) is 0 Å². The number of rotatable bonds is 10. The van der Waals surface area contributed by atoms with Crippen molar-refractivity contribution in [3.63, 3.8) is 0 Å². The molecule has 1 aliphatic carbocycles. The van der Waals surface area contributed by atoms with Crippen LogP contribution in [0.2, 0.25) is 0 Å². The molecule has 0 amide bonds. The van der Waals surface area contributed by atoms with E-state index >= 15 is 0 Å². The molecule has 2 unspecified atom stereocenters. The van der Waals surface area contributed by atoms with Crippen LogP contribution < -0.4 is 4.18 Å². The molecule has 3 rings (SSSR count). The van der Waals surface area contributed by atoms with Crippen LogP contribution in [0.15, 0.2) is 42.5 Å². The van der Waals surface area contributed by atoms with Crippen LogP contribution in [0.4, 0.5) is 43.9 Å². The monoisotopic (exact) mass is 610 g/mol. The molecule has 222 valence electrons. The van der Waals surface area contributed by atoms with Crippen LogP contribution >= 0.6 is 0 Å². The molecule has 0 heterocycles. The minimum Gasteiger partial charge on any atom is -0.466 e. The normalized spacial score (nSPS) is 18.4. The van der Waals surface area contributed by atoms with Gasteiger partial charge in [-0.25, -0.2) is 4.39 Å². The number of esters is 1. The Morgan fingerprint density at radius 2 is 1.55 bits per heavy atom. The standard InChI is InChI=1S/C24H20F10O5S/c1-2-38-20(35)11-15-9-14-10-18(25)19(12-17(14)16(15)8-13-6-4-3-5-7-13)39-40(36,37)24(33,34)22(28,29)21(26,27)23(30,31)32/h3-7,10,12,15-16H,2,8-9,11H2,1H3. The van der Waals surface area contributed by atoms with Gasteiger partial charge in [-0.1, -0.05) is 30.3 Å². The summed E-state index contributed by atoms with van der Waals surface area (Å²) < 4.78 is 167. The molecule has 0 bridgehead atoms. The first-order valence-electron chi connectivity index (χ1n) is 11.4. The lowest BCUT2D eigenvalue weighted by Gasteiger charge is -2.32. The molecule has 16 heteroatoms. The van der Waals surface area contributed by atoms with Gasteiger partial charge in [-0.05, 0) is 60.4 Å². The molecule has 2 atom stereocenters. The van der Waals surface area contributed by atoms with Crippen LogP contribution in [0.1, 0.15) is 36.0 Å². The third kappa shape index (κ3) is 5.59. The highest BCUT2D eigenvalue weighted by molar-refractivity contribution is 7.88. The Hall–Kier alpha value is -3.04. The number of benzene rings is 2. The van der Waals surface area contributed by atoms with Crippen LogP contribution in [0.3, 0.4) is 0 Å². The molecule has 0 aromatic heterocycles. The second-order valence-corrected chi connectivity index (χ2v) is 10.5. The first-order valence-corrected chi connectivity index (χ1v) is 12.8. The summed E-state index contributed by atoms with van der Waals surface area (Å²) in [5, 5.41) is -7.15. The lowest BCUT2D eigenvalue weighted by molar-refractivity contribution is -0.382. The number of carbonyl (C=O) groups excluding carboxylic acids is 1. The molecule has 0 radical (unpaired) electrons. The van der Waals surface area contributed by atoms with Gasteiger partial charge in [-0.2, -0.15) is 47.9 Å². The van der Waals surface area contributed by atoms with Crippen LogP contribution in [-0.4, -0.2) is 44.3 Å². The van der Waals surface area contributed by atoms with Crippen LogP contribution in [0.5, 0.6) is 5.75 Å². The lowest BCUT2D eigenvalue weighted by atomic mass is 9.85. The Labute approximate surface area is 221 Å². The summed E-state index contributed by atoms with van der Waals surface area (Å²) in [5.41, 5.74) is 0.896. The molecule has 0 N–H and O–H groups in total. The van der Waals surface area contributed by atoms with E-state index in [1.807, 2.05) is 0 Å². The van der Waals surface area contributed by atoms with Crippen molar-refractivity contribution in [2.75, 3.05) is 6.61 Å². The smallest absolute Gasteiger partial charge is 0.460 e. The third-order valence-electron chi connectivity index (χ3n) is 6.31. The van der Waals surface area contributed by atoms with Gasteiger partial charge in [0.05, 0.1) is 6.61 Å². The summed E-state index contributed by atoms with van der Waals surface area (Å²) in [7, 11) is -7.35. The van der Waals surface area contributed by atoms with E-state index in [0.717, 1.165) is 0 Å². The van der Waals surface area contributed by atoms with Gasteiger partial charge in [0.25, 0.3) is 0 Å². The highest BCUT2D eigenvalue weighted by Gasteiger charge is 2.86. The van der Waals surface area contributed by atoms with E-state index in [1.165, 1.54) is 0 Å². The van der Waals surface area contributed by atoms with Crippen LogP contribution in [0.25, 0.3) is 0 Å². The number of hydrogen-bond donors (Lipinski definition) is 0. The predicted octanol–water partition coefficient (Wildman–Crippen LogP) is 6.41. The van der Waals surface area contributed by atoms with Crippen molar-refractivity contribution in [1.82, 2.24) is 0 Å². The second-order valence-electron chi connectivity index (χ2n) is 8.95. The highest BCUT2D eigenvalue weighted by Crippen LogP contribution is 2.55. The van der Waals surface area contributed by atoms with E-state index in [4.69, 9.17) is 4.74 Å². The van der Waals surface area contributed by atoms with Gasteiger partial charge in [-0.15, -0.1) is 0 Å². The van der Waals surface area contributed by atoms with E-state index in [9.17, 15) is 57.1 Å². The molecule has 2 aromatic rings. The second kappa shape index (κ2) is 10.7. The minimum absolute atomic E-state index is 0.0155. The Morgan fingerprint density at radius 1 is 0.950 bits per heavy atom. The maximum Gasteiger partial charge on any atom is 0.460 e. The third-order valence-corrected chi connectivity index (χ3v) is 7.59. The van der Waals surface area contributed by atoms with Crippen molar-refractivity contribution in [2.45, 2.75) is 55.4 Å². The largest absolute Gasteiger partial charge is 0.466 e. The zero-order valence-corrected chi connectivity index (χ0v) is 21.1. The molecule has 1 aliphatic rings. The van der Waals surface area contributed by atoms with Gasteiger partial charge in [0, 0.05) is 6.42 Å². The summed E-state index contributed by atoms with van der Waals surface area (Å²) in [4.78, 5) is 12.1. The summed E-state index contributed by atoms with van der Waals surface area (Å²) in [6.45, 7) is 1.59. The van der Waals surface area contributed by atoms with Crippen molar-refractivity contribution in [3.8, 4) is 5.75 Å². The Bertz CT molecular complexity index is 1340. The molecular formula is C24H20F10O5S. The van der Waals surface area contributed by atoms with Crippen LogP contribution in [0, 0.1) is 11.7 Å². The van der Waals surface area contributed by atoms with Crippen molar-refractivity contribution in [1.29, 1.82) is 0 Å². The summed E-state index contributed by atoms with van der Waals surface area (Å²) >= 11 is 0. The van der Waals surface area contributed by atoms with Gasteiger partial charge in [-0.3, -0.25) is 4.79 Å². The number of ether oxygens (including phenoxy) is 1. The fraction of sp³-hybridized carbons (Fsp3) is 0.458. The van der Waals surface area contributed by atoms with E-state index in [1.54, 1.807) is 37.3 Å². The van der Waals surface area contributed by atoms with E-state index in [-0.39, 0.29) is 37.0 Å². The highest BCUT2D eigenvalue weighted by atomic mass is 32.2. The number of hydrogen-bond acceptors (Lipinski definition) is 5. The van der Waals surface area contributed by atoms with E-state index in [2.05, 4.69) is 4.18 Å². The summed E-state index contributed by atoms with van der Waals surface area (Å²) in [6.07, 6.45) is -7.32. The van der Waals surface area contributed by atoms with Crippen molar-refractivity contribution in [3.05, 3.63) is 65.0 Å². The molecule has 0 fully saturated rings.